The second kappa shape index (κ2) is 20.2. The highest BCUT2D eigenvalue weighted by Crippen LogP contribution is 2.50. The van der Waals surface area contributed by atoms with Crippen LogP contribution < -0.4 is 15.4 Å². The van der Waals surface area contributed by atoms with Crippen LogP contribution in [0.1, 0.15) is 110 Å². The van der Waals surface area contributed by atoms with Crippen LogP contribution in [0.25, 0.3) is 44.7 Å². The van der Waals surface area contributed by atoms with Gasteiger partial charge in [0.2, 0.25) is 18.0 Å². The maximum Gasteiger partial charge on any atom is 0.407 e. The first-order chi connectivity index (χ1) is 36.1. The molecule has 9 heterocycles. The highest BCUT2D eigenvalue weighted by Gasteiger charge is 2.42. The highest BCUT2D eigenvalue weighted by atomic mass is 32.1. The van der Waals surface area contributed by atoms with Gasteiger partial charge in [0.25, 0.3) is 0 Å². The molecular formula is C54H60FN9O9S. The van der Waals surface area contributed by atoms with E-state index in [4.69, 9.17) is 33.7 Å². The zero-order chi connectivity index (χ0) is 50.6. The van der Waals surface area contributed by atoms with Crippen molar-refractivity contribution in [2.24, 2.45) is 11.8 Å². The van der Waals surface area contributed by atoms with E-state index in [0.717, 1.165) is 59.1 Å². The number of nitrogens with zero attached hydrogens (tertiary/aromatic N) is 5. The number of alkyl carbamates (subject to hydrolysis) is 2. The number of hydrogen-bond acceptors (Lipinski definition) is 12. The van der Waals surface area contributed by atoms with E-state index in [0.29, 0.717) is 117 Å². The number of carbonyl (C=O) groups is 4. The number of H-pyrrole nitrogens is 2. The van der Waals surface area contributed by atoms with Crippen LogP contribution >= 0.6 is 11.3 Å². The minimum atomic E-state index is -0.766. The number of imidazole rings is 2. The van der Waals surface area contributed by atoms with Gasteiger partial charge in [0.05, 0.1) is 71.7 Å². The zero-order valence-corrected chi connectivity index (χ0v) is 42.2. The van der Waals surface area contributed by atoms with Crippen LogP contribution in [0.15, 0.2) is 60.9 Å². The summed E-state index contributed by atoms with van der Waals surface area (Å²) in [7, 11) is 2.59. The minimum Gasteiger partial charge on any atom is -0.464 e. The average Bonchev–Trinajstić information content (AvgIpc) is 4.17. The Labute approximate surface area is 430 Å². The summed E-state index contributed by atoms with van der Waals surface area (Å²) in [5.74, 6) is 1.23. The average molecular weight is 1030 g/mol. The summed E-state index contributed by atoms with van der Waals surface area (Å²) in [4.78, 5) is 75.9. The van der Waals surface area contributed by atoms with E-state index in [1.54, 1.807) is 28.6 Å². The van der Waals surface area contributed by atoms with Gasteiger partial charge >= 0.3 is 12.2 Å². The standard InChI is InChI=1S/C54H60FN9O9S/c1-69-53(67)60-46(30-13-19-71-20-14-30)50(65)62-17-3-5-39(62)48-56-27-36(58-48)32-9-10-38-34(23-32)25-41-45-35(55)24-33(26-42(45)73-52(64(38)41)44-12-11-43(74-44)29-7-8-29)37-28-57-49(59-37)40-6-4-18-63(40)51(66)47(61-54(68)70-2)31-15-21-72-22-16-31/h9-12,23-31,39-40,46-47,52H,3-8,13-22H2,1-2H3,(H,56,58)(H,57,59)(H,60,67)(H,61,68)/t39-,40-,46-,47-,52?/m0/s1. The van der Waals surface area contributed by atoms with Crippen molar-refractivity contribution < 1.29 is 47.3 Å². The molecule has 4 N–H and O–H groups in total. The molecule has 4 aromatic heterocycles. The number of hydrogen-bond donors (Lipinski definition) is 4. The van der Waals surface area contributed by atoms with E-state index < -0.39 is 36.3 Å². The van der Waals surface area contributed by atoms with Crippen LogP contribution in [0.3, 0.4) is 0 Å². The zero-order valence-electron chi connectivity index (χ0n) is 41.4. The van der Waals surface area contributed by atoms with Gasteiger partial charge in [-0.1, -0.05) is 6.07 Å². The Morgan fingerprint density at radius 3 is 1.84 bits per heavy atom. The van der Waals surface area contributed by atoms with E-state index in [1.807, 2.05) is 29.2 Å². The number of thiophene rings is 1. The van der Waals surface area contributed by atoms with Gasteiger partial charge in [0.1, 0.15) is 35.3 Å². The molecule has 2 aromatic carbocycles. The van der Waals surface area contributed by atoms with E-state index >= 15 is 4.39 Å². The quantitative estimate of drug-likeness (QED) is 0.0912. The molecule has 1 saturated carbocycles. The molecule has 6 aromatic rings. The lowest BCUT2D eigenvalue weighted by molar-refractivity contribution is -0.137. The molecule has 74 heavy (non-hydrogen) atoms. The van der Waals surface area contributed by atoms with Crippen molar-refractivity contribution >= 4 is 46.2 Å². The molecule has 12 rings (SSSR count). The Bertz CT molecular complexity index is 3100. The first kappa shape index (κ1) is 48.2. The normalized spacial score (nSPS) is 22.0. The van der Waals surface area contributed by atoms with Crippen molar-refractivity contribution in [3.63, 3.8) is 0 Å². The van der Waals surface area contributed by atoms with Crippen LogP contribution in [0.5, 0.6) is 5.75 Å². The maximum absolute atomic E-state index is 17.1. The van der Waals surface area contributed by atoms with E-state index in [-0.39, 0.29) is 35.7 Å². The number of ether oxygens (including phenoxy) is 5. The molecular weight excluding hydrogens is 970 g/mol. The molecule has 5 atom stereocenters. The number of fused-ring (bicyclic) bond motifs is 5. The van der Waals surface area contributed by atoms with Gasteiger partial charge in [0.15, 0.2) is 0 Å². The molecule has 5 aliphatic heterocycles. The molecule has 1 aliphatic carbocycles. The Balaban J connectivity index is 0.839. The number of aromatic amines is 2. The van der Waals surface area contributed by atoms with Crippen LogP contribution in [0, 0.1) is 17.7 Å². The van der Waals surface area contributed by atoms with Gasteiger partial charge in [0, 0.05) is 60.9 Å². The molecule has 5 fully saturated rings. The summed E-state index contributed by atoms with van der Waals surface area (Å²) in [5, 5.41) is 6.52. The molecule has 20 heteroatoms. The SMILES string of the molecule is COC(=O)N[C@H](C(=O)N1CCC[C@H]1c1ncc(-c2cc(F)c3c(c2)OC(c2ccc(C4CC4)s2)n2c-3cc3cc(-c4cnc([C@@H]5CCCN5C(=O)[C@@H](NC(=O)OC)C5CCOCC5)[nH]4)ccc32)[nH]1)C1CCOCC1. The third kappa shape index (κ3) is 9.07. The molecule has 6 aliphatic rings. The summed E-state index contributed by atoms with van der Waals surface area (Å²) in [6, 6.07) is 13.7. The first-order valence-corrected chi connectivity index (χ1v) is 26.8. The number of halogens is 1. The Hall–Kier alpha value is -6.77. The van der Waals surface area contributed by atoms with Crippen LogP contribution in [0.2, 0.25) is 0 Å². The number of methoxy groups -OCH3 is 2. The van der Waals surface area contributed by atoms with Crippen molar-refractivity contribution in [2.45, 2.75) is 101 Å². The highest BCUT2D eigenvalue weighted by molar-refractivity contribution is 7.12. The van der Waals surface area contributed by atoms with Gasteiger partial charge in [-0.05, 0) is 124 Å². The molecule has 0 bridgehead atoms. The van der Waals surface area contributed by atoms with Gasteiger partial charge in [-0.3, -0.25) is 14.2 Å². The van der Waals surface area contributed by atoms with E-state index in [2.05, 4.69) is 43.4 Å². The lowest BCUT2D eigenvalue weighted by Gasteiger charge is -2.34. The third-order valence-corrected chi connectivity index (χ3v) is 17.2. The Morgan fingerprint density at radius 2 is 1.27 bits per heavy atom. The van der Waals surface area contributed by atoms with E-state index in [9.17, 15) is 19.2 Å². The Morgan fingerprint density at radius 1 is 0.703 bits per heavy atom. The number of likely N-dealkylation sites (tertiary alicyclic amines) is 2. The summed E-state index contributed by atoms with van der Waals surface area (Å²) >= 11 is 1.73. The molecule has 1 unspecified atom stereocenters. The van der Waals surface area contributed by atoms with Gasteiger partial charge < -0.3 is 54.1 Å². The fourth-order valence-electron chi connectivity index (χ4n) is 11.9. The van der Waals surface area contributed by atoms with Crippen LogP contribution in [0.4, 0.5) is 14.0 Å². The lowest BCUT2D eigenvalue weighted by atomic mass is 9.90. The first-order valence-electron chi connectivity index (χ1n) is 25.9. The summed E-state index contributed by atoms with van der Waals surface area (Å²) in [6.07, 6.45) is 9.48. The van der Waals surface area contributed by atoms with Crippen molar-refractivity contribution in [3.8, 4) is 39.5 Å². The second-order valence-electron chi connectivity index (χ2n) is 20.4. The fraction of sp³-hybridized carbons (Fsp3) is 0.481. The largest absolute Gasteiger partial charge is 0.464 e. The van der Waals surface area contributed by atoms with E-state index in [1.165, 1.54) is 25.2 Å². The van der Waals surface area contributed by atoms with Crippen molar-refractivity contribution in [1.82, 2.24) is 44.9 Å². The van der Waals surface area contributed by atoms with Crippen molar-refractivity contribution in [3.05, 3.63) is 88.1 Å². The van der Waals surface area contributed by atoms with Crippen molar-refractivity contribution in [2.75, 3.05) is 53.7 Å². The minimum absolute atomic E-state index is 0.0736. The predicted octanol–water partition coefficient (Wildman–Crippen LogP) is 8.74. The molecule has 18 nitrogen and oxygen atoms in total. The topological polar surface area (TPSA) is 207 Å². The van der Waals surface area contributed by atoms with Gasteiger partial charge in [-0.25, -0.2) is 23.9 Å². The predicted molar refractivity (Wildman–Crippen MR) is 271 cm³/mol. The molecule has 0 radical (unpaired) electrons. The number of benzene rings is 2. The number of carbonyl (C=O) groups excluding carboxylic acids is 4. The summed E-state index contributed by atoms with van der Waals surface area (Å²) in [6.45, 7) is 3.14. The number of nitrogens with one attached hydrogen (secondary N) is 4. The number of amides is 4. The third-order valence-electron chi connectivity index (χ3n) is 15.9. The molecule has 0 spiro atoms. The molecule has 4 saturated heterocycles. The molecule has 388 valence electrons. The van der Waals surface area contributed by atoms with Crippen molar-refractivity contribution in [1.29, 1.82) is 0 Å². The summed E-state index contributed by atoms with van der Waals surface area (Å²) < 4.78 is 47.0. The lowest BCUT2D eigenvalue weighted by Crippen LogP contribution is -2.53. The van der Waals surface area contributed by atoms with Crippen LogP contribution in [-0.4, -0.2) is 124 Å². The van der Waals surface area contributed by atoms with Gasteiger partial charge in [-0.2, -0.15) is 0 Å². The number of rotatable bonds is 12. The monoisotopic (exact) mass is 1030 g/mol. The Kier molecular flexibility index (Phi) is 13.1. The summed E-state index contributed by atoms with van der Waals surface area (Å²) in [5.41, 5.74) is 4.69. The maximum atomic E-state index is 17.1. The smallest absolute Gasteiger partial charge is 0.407 e. The number of aromatic nitrogens is 5. The van der Waals surface area contributed by atoms with Gasteiger partial charge in [-0.15, -0.1) is 11.3 Å². The fourth-order valence-corrected chi connectivity index (χ4v) is 13.1. The van der Waals surface area contributed by atoms with Crippen LogP contribution in [-0.2, 0) is 28.5 Å². The second-order valence-corrected chi connectivity index (χ2v) is 21.5. The molecule has 4 amide bonds.